The molecule has 0 saturated heterocycles. The molecule has 14 heteroatoms. The molecule has 45 heavy (non-hydrogen) atoms. The Bertz CT molecular complexity index is 1750. The molecule has 4 aromatic carbocycles. The topological polar surface area (TPSA) is 130 Å². The van der Waals surface area contributed by atoms with Crippen molar-refractivity contribution in [2.75, 3.05) is 16.4 Å². The van der Waals surface area contributed by atoms with Crippen LogP contribution in [0.25, 0.3) is 6.08 Å². The van der Waals surface area contributed by atoms with Gasteiger partial charge in [0.1, 0.15) is 5.70 Å². The number of halogens is 4. The number of nitro groups is 1. The molecule has 230 valence electrons. The molecule has 3 amide bonds. The first-order chi connectivity index (χ1) is 21.4. The largest absolute Gasteiger partial charge is 0.416 e. The lowest BCUT2D eigenvalue weighted by molar-refractivity contribution is -0.384. The summed E-state index contributed by atoms with van der Waals surface area (Å²) in [6.45, 7) is 0. The molecule has 0 unspecified atom stereocenters. The third-order valence-electron chi connectivity index (χ3n) is 5.99. The van der Waals surface area contributed by atoms with Gasteiger partial charge >= 0.3 is 6.18 Å². The highest BCUT2D eigenvalue weighted by Gasteiger charge is 2.31. The quantitative estimate of drug-likeness (QED) is 0.0707. The van der Waals surface area contributed by atoms with Crippen LogP contribution in [0, 0.1) is 10.1 Å². The van der Waals surface area contributed by atoms with Crippen LogP contribution in [-0.2, 0) is 15.8 Å². The van der Waals surface area contributed by atoms with Crippen LogP contribution in [0.3, 0.4) is 0 Å². The number of anilines is 2. The fourth-order valence-corrected chi connectivity index (χ4v) is 4.63. The van der Waals surface area contributed by atoms with Crippen molar-refractivity contribution in [2.45, 2.75) is 11.1 Å². The molecule has 0 spiro atoms. The Kier molecular flexibility index (Phi) is 10.6. The van der Waals surface area contributed by atoms with Crippen LogP contribution in [0.1, 0.15) is 21.5 Å². The van der Waals surface area contributed by atoms with E-state index in [1.54, 1.807) is 54.6 Å². The molecule has 0 bridgehead atoms. The van der Waals surface area contributed by atoms with E-state index < -0.39 is 34.4 Å². The first-order valence-corrected chi connectivity index (χ1v) is 14.3. The van der Waals surface area contributed by atoms with E-state index in [0.717, 1.165) is 30.0 Å². The number of hydrogen-bond donors (Lipinski definition) is 3. The van der Waals surface area contributed by atoms with Crippen molar-refractivity contribution >= 4 is 64.2 Å². The number of nitrogens with zero attached hydrogens (tertiary/aromatic N) is 1. The van der Waals surface area contributed by atoms with Crippen LogP contribution in [0.4, 0.5) is 30.2 Å². The number of carbonyl (C=O) groups is 3. The lowest BCUT2D eigenvalue weighted by atomic mass is 10.1. The SMILES string of the molecule is O=C(CSc1ccc(NC(=O)/C(=C/c2ccc([N+](=O)[O-])cc2)NC(=O)c2ccccc2)cc1)Nc1cc(C(F)(F)F)ccc1Cl. The summed E-state index contributed by atoms with van der Waals surface area (Å²) < 4.78 is 39.0. The molecule has 0 aliphatic heterocycles. The van der Waals surface area contributed by atoms with E-state index in [4.69, 9.17) is 11.6 Å². The van der Waals surface area contributed by atoms with E-state index in [1.165, 1.54) is 30.3 Å². The van der Waals surface area contributed by atoms with Gasteiger partial charge in [0.2, 0.25) is 5.91 Å². The molecular formula is C31H22ClF3N4O5S. The van der Waals surface area contributed by atoms with Gasteiger partial charge in [-0.25, -0.2) is 0 Å². The van der Waals surface area contributed by atoms with E-state index in [9.17, 15) is 37.7 Å². The second kappa shape index (κ2) is 14.6. The van der Waals surface area contributed by atoms with Crippen LogP contribution in [0.5, 0.6) is 0 Å². The smallest absolute Gasteiger partial charge is 0.324 e. The van der Waals surface area contributed by atoms with Crippen LogP contribution in [0.15, 0.2) is 108 Å². The third-order valence-corrected chi connectivity index (χ3v) is 7.34. The number of amides is 3. The van der Waals surface area contributed by atoms with Crippen molar-refractivity contribution in [3.8, 4) is 0 Å². The number of thioether (sulfide) groups is 1. The standard InChI is InChI=1S/C31H22ClF3N4O5S/c32-25-15-8-21(31(33,34)35)17-26(25)37-28(40)18-45-24-13-9-22(10-14-24)36-30(42)27(38-29(41)20-4-2-1-3-5-20)16-19-6-11-23(12-7-19)39(43)44/h1-17H,18H2,(H,36,42)(H,37,40)(H,38,41)/b27-16-. The monoisotopic (exact) mass is 654 g/mol. The van der Waals surface area contributed by atoms with E-state index in [2.05, 4.69) is 16.0 Å². The van der Waals surface area contributed by atoms with E-state index in [1.807, 2.05) is 0 Å². The van der Waals surface area contributed by atoms with E-state index in [0.29, 0.717) is 21.7 Å². The van der Waals surface area contributed by atoms with Gasteiger partial charge in [-0.2, -0.15) is 13.2 Å². The number of nitro benzene ring substituents is 1. The van der Waals surface area contributed by atoms with Gasteiger partial charge in [0.05, 0.1) is 26.9 Å². The molecule has 0 saturated carbocycles. The molecule has 0 aliphatic carbocycles. The highest BCUT2D eigenvalue weighted by molar-refractivity contribution is 8.00. The summed E-state index contributed by atoms with van der Waals surface area (Å²) in [7, 11) is 0. The molecule has 0 fully saturated rings. The Morgan fingerprint density at radius 2 is 1.56 bits per heavy atom. The maximum atomic E-state index is 13.2. The lowest BCUT2D eigenvalue weighted by Crippen LogP contribution is -2.30. The molecule has 0 heterocycles. The number of carbonyl (C=O) groups excluding carboxylic acids is 3. The van der Waals surface area contributed by atoms with Gasteiger partial charge < -0.3 is 16.0 Å². The van der Waals surface area contributed by atoms with Crippen molar-refractivity contribution in [1.82, 2.24) is 5.32 Å². The lowest BCUT2D eigenvalue weighted by Gasteiger charge is -2.12. The van der Waals surface area contributed by atoms with Crippen molar-refractivity contribution in [1.29, 1.82) is 0 Å². The highest BCUT2D eigenvalue weighted by atomic mass is 35.5. The predicted octanol–water partition coefficient (Wildman–Crippen LogP) is 7.41. The second-order valence-corrected chi connectivity index (χ2v) is 10.7. The van der Waals surface area contributed by atoms with Gasteiger partial charge in [-0.3, -0.25) is 24.5 Å². The zero-order chi connectivity index (χ0) is 32.6. The molecule has 9 nitrogen and oxygen atoms in total. The molecule has 0 aliphatic rings. The normalized spacial score (nSPS) is 11.4. The molecule has 0 radical (unpaired) electrons. The van der Waals surface area contributed by atoms with Gasteiger partial charge in [-0.1, -0.05) is 29.8 Å². The van der Waals surface area contributed by atoms with Crippen molar-refractivity contribution in [3.05, 3.63) is 135 Å². The Morgan fingerprint density at radius 1 is 0.889 bits per heavy atom. The summed E-state index contributed by atoms with van der Waals surface area (Å²) >= 11 is 7.04. The minimum Gasteiger partial charge on any atom is -0.324 e. The number of non-ortho nitro benzene ring substituents is 1. The van der Waals surface area contributed by atoms with Gasteiger partial charge in [0.15, 0.2) is 0 Å². The van der Waals surface area contributed by atoms with Crippen molar-refractivity contribution in [2.24, 2.45) is 0 Å². The minimum absolute atomic E-state index is 0.0385. The molecule has 4 rings (SSSR count). The summed E-state index contributed by atoms with van der Waals surface area (Å²) in [5.41, 5.74) is -0.281. The second-order valence-electron chi connectivity index (χ2n) is 9.23. The third kappa shape index (κ3) is 9.42. The minimum atomic E-state index is -4.59. The molecular weight excluding hydrogens is 633 g/mol. The Balaban J connectivity index is 1.41. The van der Waals surface area contributed by atoms with Gasteiger partial charge in [0.25, 0.3) is 17.5 Å². The summed E-state index contributed by atoms with van der Waals surface area (Å²) in [5.74, 6) is -1.93. The average molecular weight is 655 g/mol. The number of hydrogen-bond acceptors (Lipinski definition) is 6. The zero-order valence-electron chi connectivity index (χ0n) is 22.9. The number of nitrogens with one attached hydrogen (secondary N) is 3. The number of rotatable bonds is 10. The highest BCUT2D eigenvalue weighted by Crippen LogP contribution is 2.34. The summed E-state index contributed by atoms with van der Waals surface area (Å²) in [6, 6.07) is 22.6. The Labute approximate surface area is 263 Å². The van der Waals surface area contributed by atoms with Gasteiger partial charge in [0, 0.05) is 28.3 Å². The van der Waals surface area contributed by atoms with Gasteiger partial charge in [-0.15, -0.1) is 11.8 Å². The zero-order valence-corrected chi connectivity index (χ0v) is 24.5. The molecule has 3 N–H and O–H groups in total. The Hall–Kier alpha value is -5.14. The Morgan fingerprint density at radius 3 is 2.18 bits per heavy atom. The van der Waals surface area contributed by atoms with E-state index in [-0.39, 0.29) is 27.8 Å². The molecule has 0 aromatic heterocycles. The maximum Gasteiger partial charge on any atom is 0.416 e. The van der Waals surface area contributed by atoms with Crippen LogP contribution >= 0.6 is 23.4 Å². The first-order valence-electron chi connectivity index (χ1n) is 12.9. The summed E-state index contributed by atoms with van der Waals surface area (Å²) in [4.78, 5) is 49.4. The number of alkyl halides is 3. The summed E-state index contributed by atoms with van der Waals surface area (Å²) in [6.07, 6.45) is -3.22. The summed E-state index contributed by atoms with van der Waals surface area (Å²) in [5, 5.41) is 18.6. The van der Waals surface area contributed by atoms with Crippen LogP contribution < -0.4 is 16.0 Å². The van der Waals surface area contributed by atoms with Gasteiger partial charge in [-0.05, 0) is 78.4 Å². The first kappa shape index (κ1) is 32.8. The fraction of sp³-hybridized carbons (Fsp3) is 0.0645. The maximum absolute atomic E-state index is 13.2. The van der Waals surface area contributed by atoms with Crippen molar-refractivity contribution in [3.63, 3.8) is 0 Å². The van der Waals surface area contributed by atoms with Crippen LogP contribution in [-0.4, -0.2) is 28.4 Å². The van der Waals surface area contributed by atoms with E-state index >= 15 is 0 Å². The molecule has 0 atom stereocenters. The fourth-order valence-electron chi connectivity index (χ4n) is 3.77. The number of benzene rings is 4. The molecule has 4 aromatic rings. The average Bonchev–Trinajstić information content (AvgIpc) is 3.01. The van der Waals surface area contributed by atoms with Crippen molar-refractivity contribution < 1.29 is 32.5 Å². The van der Waals surface area contributed by atoms with Crippen LogP contribution in [0.2, 0.25) is 5.02 Å². The predicted molar refractivity (Wildman–Crippen MR) is 166 cm³/mol.